The fraction of sp³-hybridized carbons (Fsp3) is 0.692. The lowest BCUT2D eigenvalue weighted by Crippen LogP contribution is -2.43. The first kappa shape index (κ1) is 18.0. The molecule has 3 saturated carbocycles. The smallest absolute Gasteiger partial charge is 0.00764 e. The fourth-order valence-electron chi connectivity index (χ4n) is 7.74. The van der Waals surface area contributed by atoms with E-state index in [0.29, 0.717) is 6.04 Å². The van der Waals surface area contributed by atoms with Crippen LogP contribution in [0.15, 0.2) is 35.9 Å². The van der Waals surface area contributed by atoms with Gasteiger partial charge in [0.05, 0.1) is 0 Å². The molecule has 0 radical (unpaired) electrons. The molecule has 0 aliphatic heterocycles. The molecule has 5 rings (SSSR count). The van der Waals surface area contributed by atoms with Crippen molar-refractivity contribution in [2.75, 3.05) is 0 Å². The molecule has 2 N–H and O–H groups in total. The van der Waals surface area contributed by atoms with Crippen LogP contribution in [-0.4, -0.2) is 6.04 Å². The van der Waals surface area contributed by atoms with E-state index in [9.17, 15) is 0 Å². The largest absolute Gasteiger partial charge is 0.327 e. The summed E-state index contributed by atoms with van der Waals surface area (Å²) in [6.07, 6.45) is 13.7. The molecule has 4 aliphatic carbocycles. The van der Waals surface area contributed by atoms with Gasteiger partial charge in [0, 0.05) is 7.47 Å². The molecule has 27 heavy (non-hydrogen) atoms. The summed E-state index contributed by atoms with van der Waals surface area (Å²) in [7, 11) is 0. The van der Waals surface area contributed by atoms with Gasteiger partial charge >= 0.3 is 0 Å². The van der Waals surface area contributed by atoms with Crippen molar-refractivity contribution in [3.8, 4) is 0 Å². The molecule has 0 bridgehead atoms. The lowest BCUT2D eigenvalue weighted by atomic mass is 9.55. The van der Waals surface area contributed by atoms with E-state index in [0.717, 1.165) is 41.4 Å². The number of allylic oxidation sites excluding steroid dienone is 1. The number of nitrogens with two attached hydrogens (primary N) is 1. The summed E-state index contributed by atoms with van der Waals surface area (Å²) < 4.78 is 0. The second kappa shape index (κ2) is 7.07. The SMILES string of the molecule is Cc1ccc(C(C)C2CCC3C4CC=C5CC(N)CCC5C4CCC23)cc1.[HH]. The van der Waals surface area contributed by atoms with E-state index in [-0.39, 0.29) is 1.43 Å². The van der Waals surface area contributed by atoms with E-state index in [2.05, 4.69) is 44.2 Å². The molecule has 1 heteroatoms. The summed E-state index contributed by atoms with van der Waals surface area (Å²) >= 11 is 0. The van der Waals surface area contributed by atoms with Crippen LogP contribution < -0.4 is 5.73 Å². The van der Waals surface area contributed by atoms with Crippen LogP contribution in [0.3, 0.4) is 0 Å². The maximum Gasteiger partial charge on any atom is 0.00764 e. The molecule has 8 atom stereocenters. The van der Waals surface area contributed by atoms with Gasteiger partial charge in [0.2, 0.25) is 0 Å². The van der Waals surface area contributed by atoms with Crippen LogP contribution in [0.4, 0.5) is 0 Å². The van der Waals surface area contributed by atoms with Crippen LogP contribution in [0, 0.1) is 42.4 Å². The second-order valence-electron chi connectivity index (χ2n) is 10.3. The van der Waals surface area contributed by atoms with Crippen molar-refractivity contribution < 1.29 is 1.43 Å². The maximum absolute atomic E-state index is 6.27. The van der Waals surface area contributed by atoms with Gasteiger partial charge in [0.15, 0.2) is 0 Å². The molecule has 1 nitrogen and oxygen atoms in total. The van der Waals surface area contributed by atoms with Crippen molar-refractivity contribution in [1.29, 1.82) is 0 Å². The zero-order chi connectivity index (χ0) is 18.5. The Balaban J connectivity index is 0.00000192. The lowest BCUT2D eigenvalue weighted by molar-refractivity contribution is 0.0466. The lowest BCUT2D eigenvalue weighted by Gasteiger charge is -2.50. The van der Waals surface area contributed by atoms with Gasteiger partial charge in [-0.25, -0.2) is 0 Å². The summed E-state index contributed by atoms with van der Waals surface area (Å²) in [5, 5.41) is 0. The minimum Gasteiger partial charge on any atom is -0.327 e. The van der Waals surface area contributed by atoms with Crippen LogP contribution >= 0.6 is 0 Å². The maximum atomic E-state index is 6.27. The van der Waals surface area contributed by atoms with Crippen molar-refractivity contribution in [3.63, 3.8) is 0 Å². The molecule has 0 heterocycles. The number of aryl methyl sites for hydroxylation is 1. The average Bonchev–Trinajstić information content (AvgIpc) is 3.12. The minimum atomic E-state index is 0. The third-order valence-corrected chi connectivity index (χ3v) is 9.10. The van der Waals surface area contributed by atoms with Crippen LogP contribution in [0.2, 0.25) is 0 Å². The Labute approximate surface area is 167 Å². The Morgan fingerprint density at radius 3 is 2.44 bits per heavy atom. The van der Waals surface area contributed by atoms with Crippen molar-refractivity contribution in [2.24, 2.45) is 41.2 Å². The van der Waals surface area contributed by atoms with Crippen molar-refractivity contribution in [3.05, 3.63) is 47.0 Å². The van der Waals surface area contributed by atoms with E-state index in [1.54, 1.807) is 11.1 Å². The van der Waals surface area contributed by atoms with Gasteiger partial charge < -0.3 is 5.73 Å². The Morgan fingerprint density at radius 2 is 1.63 bits per heavy atom. The highest BCUT2D eigenvalue weighted by Crippen LogP contribution is 2.59. The molecular formula is C26H39N. The molecule has 4 aliphatic rings. The van der Waals surface area contributed by atoms with Gasteiger partial charge in [-0.1, -0.05) is 48.4 Å². The zero-order valence-electron chi connectivity index (χ0n) is 17.2. The highest BCUT2D eigenvalue weighted by molar-refractivity contribution is 5.26. The van der Waals surface area contributed by atoms with Gasteiger partial charge in [-0.15, -0.1) is 0 Å². The number of hydrogen-bond acceptors (Lipinski definition) is 1. The monoisotopic (exact) mass is 365 g/mol. The molecular weight excluding hydrogens is 326 g/mol. The fourth-order valence-corrected chi connectivity index (χ4v) is 7.74. The van der Waals surface area contributed by atoms with E-state index >= 15 is 0 Å². The molecule has 0 saturated heterocycles. The average molecular weight is 366 g/mol. The molecule has 148 valence electrons. The van der Waals surface area contributed by atoms with E-state index in [4.69, 9.17) is 5.73 Å². The number of hydrogen-bond donors (Lipinski definition) is 1. The van der Waals surface area contributed by atoms with E-state index in [1.165, 1.54) is 56.9 Å². The number of rotatable bonds is 2. The summed E-state index contributed by atoms with van der Waals surface area (Å²) in [6.45, 7) is 4.70. The van der Waals surface area contributed by atoms with Crippen LogP contribution in [0.1, 0.15) is 76.8 Å². The number of benzene rings is 1. The van der Waals surface area contributed by atoms with Gasteiger partial charge in [-0.05, 0) is 105 Å². The van der Waals surface area contributed by atoms with Gasteiger partial charge in [-0.2, -0.15) is 0 Å². The Kier molecular flexibility index (Phi) is 4.71. The topological polar surface area (TPSA) is 26.0 Å². The molecule has 0 aromatic heterocycles. The second-order valence-corrected chi connectivity index (χ2v) is 10.3. The highest BCUT2D eigenvalue weighted by atomic mass is 14.6. The minimum absolute atomic E-state index is 0. The van der Waals surface area contributed by atoms with Gasteiger partial charge in [-0.3, -0.25) is 0 Å². The number of fused-ring (bicyclic) bond motifs is 5. The molecule has 0 amide bonds. The summed E-state index contributed by atoms with van der Waals surface area (Å²) in [5.74, 6) is 6.44. The normalized spacial score (nSPS) is 41.9. The first-order valence-electron chi connectivity index (χ1n) is 11.6. The molecule has 8 unspecified atom stereocenters. The van der Waals surface area contributed by atoms with Crippen molar-refractivity contribution in [2.45, 2.75) is 77.2 Å². The Hall–Kier alpha value is -1.08. The zero-order valence-corrected chi connectivity index (χ0v) is 17.2. The molecule has 3 fully saturated rings. The standard InChI is InChI=1S/C26H37N.H2/c1-16-3-5-18(6-4-16)17(2)21-11-12-26-23(21)13-14-24-22-10-8-20(27)15-19(22)7-9-25(24)26;/h3-7,17,20-26H,8-15,27H2,1-2H3;1H. The Bertz CT molecular complexity index is 708. The van der Waals surface area contributed by atoms with Crippen LogP contribution in [-0.2, 0) is 0 Å². The van der Waals surface area contributed by atoms with Crippen molar-refractivity contribution in [1.82, 2.24) is 0 Å². The predicted molar refractivity (Wildman–Crippen MR) is 116 cm³/mol. The quantitative estimate of drug-likeness (QED) is 0.597. The van der Waals surface area contributed by atoms with E-state index < -0.39 is 0 Å². The van der Waals surface area contributed by atoms with Crippen molar-refractivity contribution >= 4 is 0 Å². The predicted octanol–water partition coefficient (Wildman–Crippen LogP) is 6.47. The highest BCUT2D eigenvalue weighted by Gasteiger charge is 2.50. The first-order valence-corrected chi connectivity index (χ1v) is 11.6. The molecule has 1 aromatic carbocycles. The van der Waals surface area contributed by atoms with E-state index in [1.807, 2.05) is 0 Å². The molecule has 1 aromatic rings. The van der Waals surface area contributed by atoms with Crippen LogP contribution in [0.5, 0.6) is 0 Å². The summed E-state index contributed by atoms with van der Waals surface area (Å²) in [4.78, 5) is 0. The first-order chi connectivity index (χ1) is 13.1. The summed E-state index contributed by atoms with van der Waals surface area (Å²) in [6, 6.07) is 9.82. The Morgan fingerprint density at radius 1 is 0.889 bits per heavy atom. The summed E-state index contributed by atoms with van der Waals surface area (Å²) in [5.41, 5.74) is 11.0. The van der Waals surface area contributed by atoms with Crippen LogP contribution in [0.25, 0.3) is 0 Å². The third-order valence-electron chi connectivity index (χ3n) is 9.10. The van der Waals surface area contributed by atoms with Gasteiger partial charge in [0.1, 0.15) is 0 Å². The molecule has 0 spiro atoms. The van der Waals surface area contributed by atoms with Gasteiger partial charge in [0.25, 0.3) is 0 Å². The third kappa shape index (κ3) is 3.11.